The zero-order valence-corrected chi connectivity index (χ0v) is 24.7. The fraction of sp³-hybridized carbons (Fsp3) is 0.412. The zero-order valence-electron chi connectivity index (χ0n) is 24.7. The lowest BCUT2D eigenvalue weighted by Crippen LogP contribution is -2.47. The third-order valence-corrected chi connectivity index (χ3v) is 7.98. The van der Waals surface area contributed by atoms with Crippen LogP contribution in [-0.2, 0) is 22.6 Å². The minimum atomic E-state index is -0.311. The van der Waals surface area contributed by atoms with Crippen LogP contribution >= 0.6 is 0 Å². The molecule has 1 fully saturated rings. The van der Waals surface area contributed by atoms with Gasteiger partial charge >= 0.3 is 0 Å². The van der Waals surface area contributed by atoms with Gasteiger partial charge < -0.3 is 24.8 Å². The molecule has 1 aliphatic heterocycles. The number of benzene rings is 3. The summed E-state index contributed by atoms with van der Waals surface area (Å²) in [4.78, 5) is 29.8. The van der Waals surface area contributed by atoms with Gasteiger partial charge in [0.15, 0.2) is 0 Å². The van der Waals surface area contributed by atoms with Crippen molar-refractivity contribution >= 4 is 17.5 Å². The van der Waals surface area contributed by atoms with Crippen molar-refractivity contribution in [1.29, 1.82) is 0 Å². The molecule has 3 aromatic rings. The number of rotatable bonds is 10. The first-order valence-corrected chi connectivity index (χ1v) is 14.8. The van der Waals surface area contributed by atoms with Crippen LogP contribution in [0.15, 0.2) is 72.8 Å². The largest absolute Gasteiger partial charge is 0.488 e. The molecule has 42 heavy (non-hydrogen) atoms. The van der Waals surface area contributed by atoms with Gasteiger partial charge in [0, 0.05) is 42.7 Å². The van der Waals surface area contributed by atoms with Crippen molar-refractivity contribution in [1.82, 2.24) is 9.80 Å². The number of nitrogens with one attached hydrogen (secondary N) is 1. The van der Waals surface area contributed by atoms with Gasteiger partial charge in [0.25, 0.3) is 0 Å². The SMILES string of the molecule is C[C@H]1CN([C@@H](C)CO)C(=O)Cc2cc(NC(=O)C3CC3)ccc2O[C@@H]1CN(C)Cc1ccc(Oc2ccccc2)cc1. The van der Waals surface area contributed by atoms with Crippen molar-refractivity contribution in [2.75, 3.05) is 32.1 Å². The van der Waals surface area contributed by atoms with Gasteiger partial charge in [-0.3, -0.25) is 14.5 Å². The predicted molar refractivity (Wildman–Crippen MR) is 163 cm³/mol. The number of para-hydroxylation sites is 1. The number of carbonyl (C=O) groups is 2. The second-order valence-electron chi connectivity index (χ2n) is 11.7. The molecular weight excluding hydrogens is 530 g/mol. The van der Waals surface area contributed by atoms with Crippen molar-refractivity contribution in [3.8, 4) is 17.2 Å². The minimum absolute atomic E-state index is 0.00671. The monoisotopic (exact) mass is 571 g/mol. The van der Waals surface area contributed by atoms with E-state index in [1.165, 1.54) is 0 Å². The first-order valence-electron chi connectivity index (χ1n) is 14.8. The standard InChI is InChI=1S/C34H41N3O5/c1-23-19-37(24(2)22-38)33(39)18-27-17-28(35-34(40)26-11-12-26)13-16-31(27)42-32(23)21-36(3)20-25-9-14-30(15-10-25)41-29-7-5-4-6-8-29/h4-10,13-17,23-24,26,32,38H,11-12,18-22H2,1-3H3,(H,35,40)/t23-,24-,32+/m0/s1. The van der Waals surface area contributed by atoms with Gasteiger partial charge in [-0.15, -0.1) is 0 Å². The van der Waals surface area contributed by atoms with Crippen LogP contribution in [0.4, 0.5) is 5.69 Å². The number of anilines is 1. The van der Waals surface area contributed by atoms with E-state index in [-0.39, 0.29) is 48.8 Å². The van der Waals surface area contributed by atoms with E-state index in [0.29, 0.717) is 31.1 Å². The molecule has 2 amide bonds. The van der Waals surface area contributed by atoms with Crippen LogP contribution in [0, 0.1) is 11.8 Å². The van der Waals surface area contributed by atoms with Gasteiger partial charge in [-0.1, -0.05) is 37.3 Å². The van der Waals surface area contributed by atoms with Crippen LogP contribution in [0.3, 0.4) is 0 Å². The number of hydrogen-bond donors (Lipinski definition) is 2. The van der Waals surface area contributed by atoms with Crippen molar-refractivity contribution in [2.24, 2.45) is 11.8 Å². The topological polar surface area (TPSA) is 91.3 Å². The molecule has 0 saturated heterocycles. The molecule has 5 rings (SSSR count). The lowest BCUT2D eigenvalue weighted by molar-refractivity contribution is -0.134. The van der Waals surface area contributed by atoms with E-state index in [0.717, 1.165) is 35.5 Å². The first kappa shape index (κ1) is 29.6. The number of carbonyl (C=O) groups excluding carboxylic acids is 2. The summed E-state index contributed by atoms with van der Waals surface area (Å²) in [7, 11) is 2.06. The number of fused-ring (bicyclic) bond motifs is 1. The van der Waals surface area contributed by atoms with E-state index in [1.54, 1.807) is 4.90 Å². The molecule has 8 nitrogen and oxygen atoms in total. The van der Waals surface area contributed by atoms with Gasteiger partial charge in [-0.25, -0.2) is 0 Å². The van der Waals surface area contributed by atoms with Crippen molar-refractivity contribution in [3.63, 3.8) is 0 Å². The quantitative estimate of drug-likeness (QED) is 0.352. The molecule has 8 heteroatoms. The Balaban J connectivity index is 1.30. The Morgan fingerprint density at radius 3 is 2.50 bits per heavy atom. The number of aliphatic hydroxyl groups is 1. The molecule has 3 aromatic carbocycles. The third kappa shape index (κ3) is 7.69. The molecule has 222 valence electrons. The molecule has 0 unspecified atom stereocenters. The van der Waals surface area contributed by atoms with E-state index >= 15 is 0 Å². The summed E-state index contributed by atoms with van der Waals surface area (Å²) in [6.45, 7) is 5.67. The molecular formula is C34H41N3O5. The Kier molecular flexibility index (Phi) is 9.45. The fourth-order valence-corrected chi connectivity index (χ4v) is 5.29. The van der Waals surface area contributed by atoms with Crippen LogP contribution in [-0.4, -0.2) is 65.6 Å². The molecule has 0 spiro atoms. The smallest absolute Gasteiger partial charge is 0.227 e. The number of nitrogens with zero attached hydrogens (tertiary/aromatic N) is 2. The maximum Gasteiger partial charge on any atom is 0.227 e. The zero-order chi connectivity index (χ0) is 29.6. The Bertz CT molecular complexity index is 1360. The molecule has 2 N–H and O–H groups in total. The fourth-order valence-electron chi connectivity index (χ4n) is 5.29. The number of amides is 2. The summed E-state index contributed by atoms with van der Waals surface area (Å²) in [6, 6.07) is 23.1. The van der Waals surface area contributed by atoms with Gasteiger partial charge in [0.05, 0.1) is 19.1 Å². The molecule has 0 bridgehead atoms. The normalized spacial score (nSPS) is 19.6. The second kappa shape index (κ2) is 13.4. The van der Waals surface area contributed by atoms with Gasteiger partial charge in [0.1, 0.15) is 23.4 Å². The molecule has 0 aromatic heterocycles. The van der Waals surface area contributed by atoms with E-state index in [2.05, 4.69) is 36.3 Å². The van der Waals surface area contributed by atoms with E-state index < -0.39 is 0 Å². The average molecular weight is 572 g/mol. The highest BCUT2D eigenvalue weighted by atomic mass is 16.5. The number of aliphatic hydroxyl groups excluding tert-OH is 1. The molecule has 1 heterocycles. The molecule has 2 aliphatic rings. The average Bonchev–Trinajstić information content (AvgIpc) is 3.83. The third-order valence-electron chi connectivity index (χ3n) is 7.98. The van der Waals surface area contributed by atoms with Gasteiger partial charge in [-0.05, 0) is 74.8 Å². The maximum atomic E-state index is 13.4. The highest BCUT2D eigenvalue weighted by Crippen LogP contribution is 2.33. The number of hydrogen-bond acceptors (Lipinski definition) is 6. The Hall–Kier alpha value is -3.88. The summed E-state index contributed by atoms with van der Waals surface area (Å²) < 4.78 is 12.6. The van der Waals surface area contributed by atoms with Crippen molar-refractivity contribution < 1.29 is 24.2 Å². The van der Waals surface area contributed by atoms with E-state index in [4.69, 9.17) is 9.47 Å². The lowest BCUT2D eigenvalue weighted by atomic mass is 10.0. The Morgan fingerprint density at radius 2 is 1.81 bits per heavy atom. The highest BCUT2D eigenvalue weighted by molar-refractivity contribution is 5.94. The Morgan fingerprint density at radius 1 is 1.10 bits per heavy atom. The van der Waals surface area contributed by atoms with E-state index in [1.807, 2.05) is 67.6 Å². The summed E-state index contributed by atoms with van der Waals surface area (Å²) in [5.74, 6) is 2.29. The van der Waals surface area contributed by atoms with Gasteiger partial charge in [-0.2, -0.15) is 0 Å². The predicted octanol–water partition coefficient (Wildman–Crippen LogP) is 5.11. The number of ether oxygens (including phenoxy) is 2. The summed E-state index contributed by atoms with van der Waals surface area (Å²) >= 11 is 0. The van der Waals surface area contributed by atoms with Crippen LogP contribution in [0.2, 0.25) is 0 Å². The highest BCUT2D eigenvalue weighted by Gasteiger charge is 2.32. The molecule has 1 aliphatic carbocycles. The minimum Gasteiger partial charge on any atom is -0.488 e. The van der Waals surface area contributed by atoms with E-state index in [9.17, 15) is 14.7 Å². The number of likely N-dealkylation sites (N-methyl/N-ethyl adjacent to an activating group) is 1. The van der Waals surface area contributed by atoms with Crippen molar-refractivity contribution in [3.05, 3.63) is 83.9 Å². The van der Waals surface area contributed by atoms with Crippen molar-refractivity contribution in [2.45, 2.75) is 51.8 Å². The summed E-state index contributed by atoms with van der Waals surface area (Å²) in [6.07, 6.45) is 1.77. The second-order valence-corrected chi connectivity index (χ2v) is 11.7. The lowest BCUT2D eigenvalue weighted by Gasteiger charge is -2.34. The van der Waals surface area contributed by atoms with Crippen LogP contribution in [0.25, 0.3) is 0 Å². The molecule has 0 radical (unpaired) electrons. The van der Waals surface area contributed by atoms with Gasteiger partial charge in [0.2, 0.25) is 11.8 Å². The molecule has 1 saturated carbocycles. The van der Waals surface area contributed by atoms with Crippen LogP contribution in [0.5, 0.6) is 17.2 Å². The first-order chi connectivity index (χ1) is 20.3. The summed E-state index contributed by atoms with van der Waals surface area (Å²) in [5.41, 5.74) is 2.56. The maximum absolute atomic E-state index is 13.4. The van der Waals surface area contributed by atoms with Crippen LogP contribution in [0.1, 0.15) is 37.8 Å². The van der Waals surface area contributed by atoms with Crippen LogP contribution < -0.4 is 14.8 Å². The Labute approximate surface area is 248 Å². The summed E-state index contributed by atoms with van der Waals surface area (Å²) in [5, 5.41) is 12.9. The molecule has 3 atom stereocenters.